The SMILES string of the molecule is O=C(NCC1COCCN1)c1ccccc1Br. The molecular formula is C12H15BrN2O2. The van der Waals surface area contributed by atoms with Crippen molar-refractivity contribution in [1.82, 2.24) is 10.6 Å². The van der Waals surface area contributed by atoms with Gasteiger partial charge in [-0.15, -0.1) is 0 Å². The number of morpholine rings is 1. The van der Waals surface area contributed by atoms with Gasteiger partial charge in [-0.05, 0) is 28.1 Å². The molecule has 17 heavy (non-hydrogen) atoms. The molecule has 1 atom stereocenters. The van der Waals surface area contributed by atoms with E-state index in [-0.39, 0.29) is 11.9 Å². The third kappa shape index (κ3) is 3.52. The van der Waals surface area contributed by atoms with E-state index in [0.29, 0.717) is 18.7 Å². The van der Waals surface area contributed by atoms with Crippen LogP contribution < -0.4 is 10.6 Å². The molecule has 1 aliphatic rings. The Labute approximate surface area is 109 Å². The predicted molar refractivity (Wildman–Crippen MR) is 69.1 cm³/mol. The fourth-order valence-corrected chi connectivity index (χ4v) is 2.17. The van der Waals surface area contributed by atoms with Gasteiger partial charge in [0, 0.05) is 23.6 Å². The average Bonchev–Trinajstić information content (AvgIpc) is 2.38. The van der Waals surface area contributed by atoms with Gasteiger partial charge in [0.25, 0.3) is 5.91 Å². The summed E-state index contributed by atoms with van der Waals surface area (Å²) in [7, 11) is 0. The van der Waals surface area contributed by atoms with Gasteiger partial charge in [-0.1, -0.05) is 12.1 Å². The minimum atomic E-state index is -0.0650. The van der Waals surface area contributed by atoms with Crippen molar-refractivity contribution in [2.75, 3.05) is 26.3 Å². The zero-order valence-corrected chi connectivity index (χ0v) is 11.0. The number of carbonyl (C=O) groups excluding carboxylic acids is 1. The number of carbonyl (C=O) groups is 1. The van der Waals surface area contributed by atoms with Crippen molar-refractivity contribution in [2.45, 2.75) is 6.04 Å². The maximum Gasteiger partial charge on any atom is 0.252 e. The third-order valence-corrected chi connectivity index (χ3v) is 3.32. The van der Waals surface area contributed by atoms with E-state index in [9.17, 15) is 4.79 Å². The fraction of sp³-hybridized carbons (Fsp3) is 0.417. The highest BCUT2D eigenvalue weighted by Gasteiger charge is 2.15. The van der Waals surface area contributed by atoms with Crippen LogP contribution in [0.3, 0.4) is 0 Å². The van der Waals surface area contributed by atoms with Gasteiger partial charge in [0.1, 0.15) is 0 Å². The standard InChI is InChI=1S/C12H15BrN2O2/c13-11-4-2-1-3-10(11)12(16)15-7-9-8-17-6-5-14-9/h1-4,9,14H,5-8H2,(H,15,16). The maximum atomic E-state index is 11.9. The van der Waals surface area contributed by atoms with Gasteiger partial charge in [-0.2, -0.15) is 0 Å². The molecule has 1 fully saturated rings. The minimum absolute atomic E-state index is 0.0650. The van der Waals surface area contributed by atoms with Crippen LogP contribution in [0.5, 0.6) is 0 Å². The second-order valence-electron chi connectivity index (χ2n) is 3.92. The lowest BCUT2D eigenvalue weighted by atomic mass is 10.2. The van der Waals surface area contributed by atoms with Crippen molar-refractivity contribution < 1.29 is 9.53 Å². The Kier molecular flexibility index (Phi) is 4.53. The van der Waals surface area contributed by atoms with Crippen LogP contribution in [0.4, 0.5) is 0 Å². The van der Waals surface area contributed by atoms with Crippen LogP contribution in [0.2, 0.25) is 0 Å². The molecule has 1 aromatic rings. The zero-order chi connectivity index (χ0) is 12.1. The summed E-state index contributed by atoms with van der Waals surface area (Å²) in [4.78, 5) is 11.9. The van der Waals surface area contributed by atoms with Gasteiger partial charge in [0.05, 0.1) is 18.8 Å². The Hall–Kier alpha value is -0.910. The van der Waals surface area contributed by atoms with E-state index in [0.717, 1.165) is 17.6 Å². The van der Waals surface area contributed by atoms with Gasteiger partial charge in [0.2, 0.25) is 0 Å². The average molecular weight is 299 g/mol. The molecule has 0 bridgehead atoms. The van der Waals surface area contributed by atoms with Crippen LogP contribution in [0.25, 0.3) is 0 Å². The van der Waals surface area contributed by atoms with E-state index in [4.69, 9.17) is 4.74 Å². The van der Waals surface area contributed by atoms with Gasteiger partial charge in [0.15, 0.2) is 0 Å². The predicted octanol–water partition coefficient (Wildman–Crippen LogP) is 1.17. The van der Waals surface area contributed by atoms with Crippen LogP contribution in [0.1, 0.15) is 10.4 Å². The first-order valence-corrected chi connectivity index (χ1v) is 6.40. The fourth-order valence-electron chi connectivity index (χ4n) is 1.71. The molecule has 0 spiro atoms. The first-order valence-electron chi connectivity index (χ1n) is 5.61. The van der Waals surface area contributed by atoms with E-state index >= 15 is 0 Å². The number of amides is 1. The molecule has 0 saturated carbocycles. The number of hydrogen-bond acceptors (Lipinski definition) is 3. The summed E-state index contributed by atoms with van der Waals surface area (Å²) in [6, 6.07) is 7.59. The molecule has 0 aliphatic carbocycles. The van der Waals surface area contributed by atoms with Crippen molar-refractivity contribution in [2.24, 2.45) is 0 Å². The summed E-state index contributed by atoms with van der Waals surface area (Å²) in [6.07, 6.45) is 0. The molecule has 0 aromatic heterocycles. The largest absolute Gasteiger partial charge is 0.378 e. The first kappa shape index (κ1) is 12.5. The Balaban J connectivity index is 1.87. The Morgan fingerprint density at radius 1 is 1.53 bits per heavy atom. The van der Waals surface area contributed by atoms with E-state index < -0.39 is 0 Å². The summed E-state index contributed by atoms with van der Waals surface area (Å²) in [5, 5.41) is 6.19. The number of hydrogen-bond donors (Lipinski definition) is 2. The van der Waals surface area contributed by atoms with Crippen LogP contribution in [0.15, 0.2) is 28.7 Å². The normalized spacial score (nSPS) is 19.9. The maximum absolute atomic E-state index is 11.9. The number of ether oxygens (including phenoxy) is 1. The van der Waals surface area contributed by atoms with E-state index in [1.165, 1.54) is 0 Å². The van der Waals surface area contributed by atoms with Crippen molar-refractivity contribution in [3.8, 4) is 0 Å². The van der Waals surface area contributed by atoms with Crippen molar-refractivity contribution in [1.29, 1.82) is 0 Å². The van der Waals surface area contributed by atoms with Gasteiger partial charge < -0.3 is 15.4 Å². The van der Waals surface area contributed by atoms with Gasteiger partial charge >= 0.3 is 0 Å². The quantitative estimate of drug-likeness (QED) is 0.881. The van der Waals surface area contributed by atoms with Crippen LogP contribution >= 0.6 is 15.9 Å². The van der Waals surface area contributed by atoms with Gasteiger partial charge in [-0.25, -0.2) is 0 Å². The van der Waals surface area contributed by atoms with Crippen molar-refractivity contribution >= 4 is 21.8 Å². The smallest absolute Gasteiger partial charge is 0.252 e. The third-order valence-electron chi connectivity index (χ3n) is 2.63. The van der Waals surface area contributed by atoms with E-state index in [1.807, 2.05) is 18.2 Å². The summed E-state index contributed by atoms with van der Waals surface area (Å²) in [6.45, 7) is 2.82. The summed E-state index contributed by atoms with van der Waals surface area (Å²) in [5.41, 5.74) is 0.657. The molecule has 4 nitrogen and oxygen atoms in total. The molecule has 1 unspecified atom stereocenters. The van der Waals surface area contributed by atoms with Crippen LogP contribution in [-0.2, 0) is 4.74 Å². The highest BCUT2D eigenvalue weighted by atomic mass is 79.9. The zero-order valence-electron chi connectivity index (χ0n) is 9.41. The summed E-state index contributed by atoms with van der Waals surface area (Å²) < 4.78 is 6.13. The molecule has 2 rings (SSSR count). The lowest BCUT2D eigenvalue weighted by molar-refractivity contribution is 0.0734. The van der Waals surface area contributed by atoms with Crippen LogP contribution in [0, 0.1) is 0 Å². The lowest BCUT2D eigenvalue weighted by Gasteiger charge is -2.24. The Bertz CT molecular complexity index is 392. The molecule has 1 aromatic carbocycles. The van der Waals surface area contributed by atoms with Crippen molar-refractivity contribution in [3.63, 3.8) is 0 Å². The van der Waals surface area contributed by atoms with Crippen molar-refractivity contribution in [3.05, 3.63) is 34.3 Å². The number of benzene rings is 1. The highest BCUT2D eigenvalue weighted by molar-refractivity contribution is 9.10. The second kappa shape index (κ2) is 6.14. The Morgan fingerprint density at radius 3 is 3.06 bits per heavy atom. The number of halogens is 1. The summed E-state index contributed by atoms with van der Waals surface area (Å²) >= 11 is 3.36. The van der Waals surface area contributed by atoms with Crippen LogP contribution in [-0.4, -0.2) is 38.3 Å². The molecular weight excluding hydrogens is 284 g/mol. The molecule has 2 N–H and O–H groups in total. The Morgan fingerprint density at radius 2 is 2.35 bits per heavy atom. The lowest BCUT2D eigenvalue weighted by Crippen LogP contribution is -2.48. The first-order chi connectivity index (χ1) is 8.27. The topological polar surface area (TPSA) is 50.4 Å². The number of rotatable bonds is 3. The highest BCUT2D eigenvalue weighted by Crippen LogP contribution is 2.15. The molecule has 1 amide bonds. The summed E-state index contributed by atoms with van der Waals surface area (Å²) in [5.74, 6) is -0.0650. The molecule has 0 radical (unpaired) electrons. The molecule has 1 heterocycles. The molecule has 1 aliphatic heterocycles. The monoisotopic (exact) mass is 298 g/mol. The molecule has 5 heteroatoms. The molecule has 92 valence electrons. The molecule has 1 saturated heterocycles. The van der Waals surface area contributed by atoms with E-state index in [1.54, 1.807) is 6.07 Å². The number of nitrogens with one attached hydrogen (secondary N) is 2. The van der Waals surface area contributed by atoms with Gasteiger partial charge in [-0.3, -0.25) is 4.79 Å². The second-order valence-corrected chi connectivity index (χ2v) is 4.77. The van der Waals surface area contributed by atoms with E-state index in [2.05, 4.69) is 26.6 Å². The minimum Gasteiger partial charge on any atom is -0.378 e.